The molecule has 1 aromatic heterocycles. The first kappa shape index (κ1) is 15.1. The quantitative estimate of drug-likeness (QED) is 0.880. The van der Waals surface area contributed by atoms with Gasteiger partial charge in [-0.3, -0.25) is 14.2 Å². The van der Waals surface area contributed by atoms with Crippen molar-refractivity contribution in [2.24, 2.45) is 0 Å². The monoisotopic (exact) mass is 293 g/mol. The van der Waals surface area contributed by atoms with Crippen LogP contribution in [0, 0.1) is 5.82 Å². The van der Waals surface area contributed by atoms with Gasteiger partial charge in [0.1, 0.15) is 12.4 Å². The first-order valence-electron chi connectivity index (χ1n) is 6.44. The van der Waals surface area contributed by atoms with Crippen molar-refractivity contribution in [3.8, 4) is 0 Å². The van der Waals surface area contributed by atoms with Crippen molar-refractivity contribution in [1.82, 2.24) is 14.9 Å². The topological polar surface area (TPSA) is 73.2 Å². The van der Waals surface area contributed by atoms with Gasteiger partial charge in [0.2, 0.25) is 5.91 Å². The molecule has 1 atom stereocenters. The van der Waals surface area contributed by atoms with Gasteiger partial charge in [-0.25, -0.2) is 9.37 Å². The van der Waals surface area contributed by atoms with Crippen molar-refractivity contribution in [3.63, 3.8) is 0 Å². The summed E-state index contributed by atoms with van der Waals surface area (Å²) in [6.07, 6.45) is 1.28. The molecule has 2 aromatic rings. The Morgan fingerprint density at radius 3 is 3.00 bits per heavy atom. The Hall–Kier alpha value is -2.28. The van der Waals surface area contributed by atoms with E-state index < -0.39 is 11.4 Å². The first-order valence-corrected chi connectivity index (χ1v) is 6.44. The van der Waals surface area contributed by atoms with Crippen LogP contribution in [0.1, 0.15) is 6.92 Å². The van der Waals surface area contributed by atoms with E-state index in [2.05, 4.69) is 10.3 Å². The smallest absolute Gasteiger partial charge is 0.261 e. The highest BCUT2D eigenvalue weighted by molar-refractivity contribution is 5.79. The van der Waals surface area contributed by atoms with Crippen LogP contribution in [0.5, 0.6) is 0 Å². The van der Waals surface area contributed by atoms with E-state index in [1.54, 1.807) is 6.92 Å². The van der Waals surface area contributed by atoms with E-state index in [1.807, 2.05) is 0 Å². The number of fused-ring (bicyclic) bond motifs is 1. The van der Waals surface area contributed by atoms with Gasteiger partial charge in [0.05, 0.1) is 23.8 Å². The third-order valence-corrected chi connectivity index (χ3v) is 2.92. The number of nitrogens with one attached hydrogen (secondary N) is 1. The van der Waals surface area contributed by atoms with Crippen LogP contribution in [0.3, 0.4) is 0 Å². The van der Waals surface area contributed by atoms with Crippen LogP contribution in [-0.2, 0) is 16.1 Å². The summed E-state index contributed by atoms with van der Waals surface area (Å²) >= 11 is 0. The molecular weight excluding hydrogens is 277 g/mol. The number of aromatic nitrogens is 2. The van der Waals surface area contributed by atoms with Crippen LogP contribution in [0.4, 0.5) is 4.39 Å². The van der Waals surface area contributed by atoms with E-state index >= 15 is 0 Å². The Kier molecular flexibility index (Phi) is 4.64. The number of hydrogen-bond acceptors (Lipinski definition) is 4. The van der Waals surface area contributed by atoms with Gasteiger partial charge >= 0.3 is 0 Å². The highest BCUT2D eigenvalue weighted by atomic mass is 19.1. The number of nitrogens with zero attached hydrogens (tertiary/aromatic N) is 2. The van der Waals surface area contributed by atoms with E-state index in [0.29, 0.717) is 12.1 Å². The predicted molar refractivity (Wildman–Crippen MR) is 75.4 cm³/mol. The summed E-state index contributed by atoms with van der Waals surface area (Å²) in [7, 11) is 1.54. The number of rotatable bonds is 5. The van der Waals surface area contributed by atoms with Gasteiger partial charge < -0.3 is 10.1 Å². The molecule has 0 unspecified atom stereocenters. The molecule has 6 nitrogen and oxygen atoms in total. The van der Waals surface area contributed by atoms with Crippen LogP contribution in [0.25, 0.3) is 10.9 Å². The van der Waals surface area contributed by atoms with Gasteiger partial charge in [0.15, 0.2) is 0 Å². The number of methoxy groups -OCH3 is 1. The molecule has 0 fully saturated rings. The molecule has 0 spiro atoms. The average Bonchev–Trinajstić information content (AvgIpc) is 2.42. The zero-order valence-corrected chi connectivity index (χ0v) is 11.8. The van der Waals surface area contributed by atoms with E-state index in [1.165, 1.54) is 25.6 Å². The Bertz CT molecular complexity index is 714. The van der Waals surface area contributed by atoms with E-state index in [-0.39, 0.29) is 23.9 Å². The maximum absolute atomic E-state index is 13.2. The third kappa shape index (κ3) is 3.63. The molecule has 7 heteroatoms. The minimum Gasteiger partial charge on any atom is -0.383 e. The Labute approximate surface area is 120 Å². The van der Waals surface area contributed by atoms with Crippen molar-refractivity contribution >= 4 is 16.8 Å². The second kappa shape index (κ2) is 6.45. The standard InChI is InChI=1S/C14H16FN3O3/c1-9(7-21-2)17-13(19)6-18-8-16-12-4-3-10(15)5-11(12)14(18)20/h3-5,8-9H,6-7H2,1-2H3,(H,17,19)/t9-/m1/s1. The van der Waals surface area contributed by atoms with Crippen molar-refractivity contribution in [1.29, 1.82) is 0 Å². The summed E-state index contributed by atoms with van der Waals surface area (Å²) < 4.78 is 19.3. The molecular formula is C14H16FN3O3. The number of benzene rings is 1. The summed E-state index contributed by atoms with van der Waals surface area (Å²) in [6.45, 7) is 1.99. The number of carbonyl (C=O) groups is 1. The summed E-state index contributed by atoms with van der Waals surface area (Å²) in [5.74, 6) is -0.850. The summed E-state index contributed by atoms with van der Waals surface area (Å²) in [6, 6.07) is 3.62. The molecule has 0 radical (unpaired) electrons. The zero-order chi connectivity index (χ0) is 15.4. The fraction of sp³-hybridized carbons (Fsp3) is 0.357. The van der Waals surface area contributed by atoms with Crippen LogP contribution in [-0.4, -0.2) is 35.2 Å². The van der Waals surface area contributed by atoms with Gasteiger partial charge in [0, 0.05) is 13.2 Å². The van der Waals surface area contributed by atoms with E-state index in [9.17, 15) is 14.0 Å². The van der Waals surface area contributed by atoms with Crippen LogP contribution < -0.4 is 10.9 Å². The minimum absolute atomic E-state index is 0.148. The van der Waals surface area contributed by atoms with Gasteiger partial charge in [-0.15, -0.1) is 0 Å². The number of ether oxygens (including phenoxy) is 1. The largest absolute Gasteiger partial charge is 0.383 e. The summed E-state index contributed by atoms with van der Waals surface area (Å²) in [5, 5.41) is 2.84. The van der Waals surface area contributed by atoms with Crippen LogP contribution in [0.2, 0.25) is 0 Å². The predicted octanol–water partition coefficient (Wildman–Crippen LogP) is 0.687. The van der Waals surface area contributed by atoms with Gasteiger partial charge in [-0.1, -0.05) is 0 Å². The third-order valence-electron chi connectivity index (χ3n) is 2.92. The molecule has 1 heterocycles. The number of halogens is 1. The second-order valence-corrected chi connectivity index (χ2v) is 4.76. The number of amides is 1. The maximum atomic E-state index is 13.2. The van der Waals surface area contributed by atoms with Gasteiger partial charge in [-0.2, -0.15) is 0 Å². The fourth-order valence-corrected chi connectivity index (χ4v) is 2.01. The maximum Gasteiger partial charge on any atom is 0.261 e. The lowest BCUT2D eigenvalue weighted by Gasteiger charge is -2.13. The van der Waals surface area contributed by atoms with E-state index in [0.717, 1.165) is 10.6 Å². The molecule has 1 N–H and O–H groups in total. The molecule has 1 aromatic carbocycles. The Morgan fingerprint density at radius 2 is 2.29 bits per heavy atom. The Balaban J connectivity index is 2.21. The molecule has 0 aliphatic rings. The van der Waals surface area contributed by atoms with Crippen molar-refractivity contribution < 1.29 is 13.9 Å². The normalized spacial score (nSPS) is 12.3. The molecule has 0 aliphatic carbocycles. The van der Waals surface area contributed by atoms with Crippen molar-refractivity contribution in [2.75, 3.05) is 13.7 Å². The molecule has 21 heavy (non-hydrogen) atoms. The van der Waals surface area contributed by atoms with E-state index in [4.69, 9.17) is 4.74 Å². The molecule has 1 amide bonds. The molecule has 0 aliphatic heterocycles. The molecule has 0 saturated carbocycles. The lowest BCUT2D eigenvalue weighted by atomic mass is 10.2. The SMILES string of the molecule is COC[C@@H](C)NC(=O)Cn1cnc2ccc(F)cc2c1=O. The van der Waals surface area contributed by atoms with Crippen molar-refractivity contribution in [2.45, 2.75) is 19.5 Å². The minimum atomic E-state index is -0.516. The fourth-order valence-electron chi connectivity index (χ4n) is 2.01. The summed E-state index contributed by atoms with van der Waals surface area (Å²) in [5.41, 5.74) is -0.0557. The zero-order valence-electron chi connectivity index (χ0n) is 11.8. The van der Waals surface area contributed by atoms with Crippen LogP contribution in [0.15, 0.2) is 29.3 Å². The lowest BCUT2D eigenvalue weighted by molar-refractivity contribution is -0.122. The second-order valence-electron chi connectivity index (χ2n) is 4.76. The molecule has 0 bridgehead atoms. The summed E-state index contributed by atoms with van der Waals surface area (Å²) in [4.78, 5) is 28.0. The molecule has 0 saturated heterocycles. The number of hydrogen-bond donors (Lipinski definition) is 1. The first-order chi connectivity index (χ1) is 10.0. The Morgan fingerprint density at radius 1 is 1.52 bits per heavy atom. The van der Waals surface area contributed by atoms with Crippen LogP contribution >= 0.6 is 0 Å². The highest BCUT2D eigenvalue weighted by Gasteiger charge is 2.11. The van der Waals surface area contributed by atoms with Crippen molar-refractivity contribution in [3.05, 3.63) is 40.7 Å². The average molecular weight is 293 g/mol. The van der Waals surface area contributed by atoms with Gasteiger partial charge in [-0.05, 0) is 25.1 Å². The molecule has 2 rings (SSSR count). The lowest BCUT2D eigenvalue weighted by Crippen LogP contribution is -2.39. The number of carbonyl (C=O) groups excluding carboxylic acids is 1. The molecule has 112 valence electrons. The highest BCUT2D eigenvalue weighted by Crippen LogP contribution is 2.08. The van der Waals surface area contributed by atoms with Gasteiger partial charge in [0.25, 0.3) is 5.56 Å².